The van der Waals surface area contributed by atoms with E-state index in [0.29, 0.717) is 0 Å². The molecule has 0 nitrogen and oxygen atoms in total. The number of rotatable bonds is 3. The van der Waals surface area contributed by atoms with Gasteiger partial charge in [-0.3, -0.25) is 0 Å². The molecular weight excluding hydrogens is 444 g/mol. The molecule has 0 aliphatic heterocycles. The zero-order valence-corrected chi connectivity index (χ0v) is 21.7. The molecule has 0 heteroatoms. The molecule has 0 spiro atoms. The maximum Gasteiger partial charge on any atom is 0.0305 e. The van der Waals surface area contributed by atoms with Gasteiger partial charge in [0.15, 0.2) is 0 Å². The van der Waals surface area contributed by atoms with Crippen molar-refractivity contribution in [2.75, 3.05) is 0 Å². The molecule has 0 saturated carbocycles. The van der Waals surface area contributed by atoms with Crippen molar-refractivity contribution in [2.45, 2.75) is 25.7 Å². The fourth-order valence-corrected chi connectivity index (χ4v) is 6.42. The molecule has 0 heterocycles. The van der Waals surface area contributed by atoms with Crippen molar-refractivity contribution >= 4 is 27.5 Å². The third-order valence-electron chi connectivity index (χ3n) is 8.35. The first-order chi connectivity index (χ1) is 17.9. The van der Waals surface area contributed by atoms with Gasteiger partial charge in [0.05, 0.1) is 0 Å². The number of hydrogen-bond donors (Lipinski definition) is 0. The standard InChI is InChI=1S/C37H32/c1-22(2)29-17-18-30-20-33-32(21-31(30)19-29)23(3)24(4)37-35(28-15-11-8-12-16-28)25(5)34(26(6)36(33)37)27-13-9-7-10-14-27/h7-21,24,34-35H,1,3,5-6H2,2,4H3. The fraction of sp³-hybridized carbons (Fsp3) is 0.135. The fourth-order valence-electron chi connectivity index (χ4n) is 6.42. The van der Waals surface area contributed by atoms with Crippen LogP contribution in [0.5, 0.6) is 0 Å². The molecule has 37 heavy (non-hydrogen) atoms. The lowest BCUT2D eigenvalue weighted by Gasteiger charge is -2.44. The average molecular weight is 477 g/mol. The van der Waals surface area contributed by atoms with Gasteiger partial charge < -0.3 is 0 Å². The Labute approximate surface area is 220 Å². The van der Waals surface area contributed by atoms with Crippen LogP contribution in [0.15, 0.2) is 134 Å². The second-order valence-corrected chi connectivity index (χ2v) is 10.6. The summed E-state index contributed by atoms with van der Waals surface area (Å²) in [4.78, 5) is 0. The molecule has 0 radical (unpaired) electrons. The first kappa shape index (κ1) is 23.3. The van der Waals surface area contributed by atoms with Crippen molar-refractivity contribution in [3.63, 3.8) is 0 Å². The molecule has 4 aromatic rings. The Morgan fingerprint density at radius 1 is 0.649 bits per heavy atom. The zero-order chi connectivity index (χ0) is 25.8. The molecular formula is C37H32. The highest BCUT2D eigenvalue weighted by atomic mass is 14.5. The lowest BCUT2D eigenvalue weighted by atomic mass is 9.59. The third-order valence-corrected chi connectivity index (χ3v) is 8.35. The number of fused-ring (bicyclic) bond motifs is 3. The van der Waals surface area contributed by atoms with Gasteiger partial charge in [0.25, 0.3) is 0 Å². The Morgan fingerprint density at radius 2 is 1.24 bits per heavy atom. The van der Waals surface area contributed by atoms with Crippen LogP contribution in [0.1, 0.15) is 53.5 Å². The molecule has 0 saturated heterocycles. The predicted molar refractivity (Wildman–Crippen MR) is 160 cm³/mol. The van der Waals surface area contributed by atoms with E-state index in [1.54, 1.807) is 0 Å². The summed E-state index contributed by atoms with van der Waals surface area (Å²) in [6, 6.07) is 32.9. The van der Waals surface area contributed by atoms with Gasteiger partial charge in [-0.15, -0.1) is 0 Å². The van der Waals surface area contributed by atoms with Crippen LogP contribution >= 0.6 is 0 Å². The zero-order valence-electron chi connectivity index (χ0n) is 21.7. The topological polar surface area (TPSA) is 0 Å². The summed E-state index contributed by atoms with van der Waals surface area (Å²) < 4.78 is 0. The molecule has 3 atom stereocenters. The maximum atomic E-state index is 4.75. The summed E-state index contributed by atoms with van der Waals surface area (Å²) in [5.74, 6) is 0.339. The Morgan fingerprint density at radius 3 is 1.86 bits per heavy atom. The first-order valence-electron chi connectivity index (χ1n) is 13.0. The SMILES string of the molecule is C=C(C)c1ccc2cc3c(cc2c1)C(=C)C(C)C1=C3C(=C)C(c2ccccc2)C(=C)C1c1ccccc1. The van der Waals surface area contributed by atoms with E-state index in [2.05, 4.69) is 118 Å². The minimum absolute atomic E-state index is 0.0538. The first-order valence-corrected chi connectivity index (χ1v) is 13.0. The van der Waals surface area contributed by atoms with Crippen molar-refractivity contribution in [1.82, 2.24) is 0 Å². The van der Waals surface area contributed by atoms with Crippen molar-refractivity contribution < 1.29 is 0 Å². The third kappa shape index (κ3) is 3.59. The highest BCUT2D eigenvalue weighted by Crippen LogP contribution is 2.59. The monoisotopic (exact) mass is 476 g/mol. The molecule has 0 fully saturated rings. The Balaban J connectivity index is 1.66. The summed E-state index contributed by atoms with van der Waals surface area (Å²) >= 11 is 0. The maximum absolute atomic E-state index is 4.75. The lowest BCUT2D eigenvalue weighted by Crippen LogP contribution is -2.28. The lowest BCUT2D eigenvalue weighted by molar-refractivity contribution is 0.705. The van der Waals surface area contributed by atoms with Crippen molar-refractivity contribution in [3.05, 3.63) is 162 Å². The van der Waals surface area contributed by atoms with Gasteiger partial charge in [0.2, 0.25) is 0 Å². The molecule has 2 aliphatic rings. The summed E-state index contributed by atoms with van der Waals surface area (Å²) in [5.41, 5.74) is 13.4. The van der Waals surface area contributed by atoms with Gasteiger partial charge in [-0.05, 0) is 86.0 Å². The molecule has 180 valence electrons. The van der Waals surface area contributed by atoms with E-state index < -0.39 is 0 Å². The van der Waals surface area contributed by atoms with E-state index in [9.17, 15) is 0 Å². The van der Waals surface area contributed by atoms with E-state index in [-0.39, 0.29) is 17.8 Å². The minimum atomic E-state index is 0.0538. The van der Waals surface area contributed by atoms with Crippen LogP contribution in [0, 0.1) is 5.92 Å². The molecule has 0 amide bonds. The van der Waals surface area contributed by atoms with E-state index in [4.69, 9.17) is 13.2 Å². The number of hydrogen-bond acceptors (Lipinski definition) is 0. The minimum Gasteiger partial charge on any atom is -0.0980 e. The number of allylic oxidation sites excluding steroid dienone is 6. The Kier molecular flexibility index (Phi) is 5.50. The summed E-state index contributed by atoms with van der Waals surface area (Å²) in [6.07, 6.45) is 0. The normalized spacial score (nSPS) is 21.1. The van der Waals surface area contributed by atoms with Crippen LogP contribution in [0.4, 0.5) is 0 Å². The van der Waals surface area contributed by atoms with Gasteiger partial charge in [0, 0.05) is 17.8 Å². The van der Waals surface area contributed by atoms with Crippen molar-refractivity contribution in [1.29, 1.82) is 0 Å². The van der Waals surface area contributed by atoms with Crippen LogP contribution < -0.4 is 0 Å². The number of benzene rings is 4. The van der Waals surface area contributed by atoms with E-state index in [0.717, 1.165) is 16.7 Å². The van der Waals surface area contributed by atoms with Crippen molar-refractivity contribution in [2.24, 2.45) is 5.92 Å². The predicted octanol–water partition coefficient (Wildman–Crippen LogP) is 9.98. The molecule has 4 aromatic carbocycles. The van der Waals surface area contributed by atoms with Gasteiger partial charge in [-0.1, -0.05) is 117 Å². The van der Waals surface area contributed by atoms with Crippen LogP contribution in [0.25, 0.3) is 27.5 Å². The molecule has 6 rings (SSSR count). The second-order valence-electron chi connectivity index (χ2n) is 10.6. The molecule has 3 unspecified atom stereocenters. The summed E-state index contributed by atoms with van der Waals surface area (Å²) in [5, 5.41) is 2.45. The van der Waals surface area contributed by atoms with Crippen LogP contribution in [-0.4, -0.2) is 0 Å². The molecule has 0 aromatic heterocycles. The smallest absolute Gasteiger partial charge is 0.0305 e. The molecule has 0 N–H and O–H groups in total. The van der Waals surface area contributed by atoms with E-state index in [1.165, 1.54) is 55.3 Å². The van der Waals surface area contributed by atoms with E-state index in [1.807, 2.05) is 0 Å². The quantitative estimate of drug-likeness (QED) is 0.258. The van der Waals surface area contributed by atoms with Crippen LogP contribution in [-0.2, 0) is 0 Å². The largest absolute Gasteiger partial charge is 0.0980 e. The molecule has 2 aliphatic carbocycles. The second kappa shape index (κ2) is 8.75. The van der Waals surface area contributed by atoms with Gasteiger partial charge >= 0.3 is 0 Å². The average Bonchev–Trinajstić information content (AvgIpc) is 2.91. The Bertz CT molecular complexity index is 1640. The van der Waals surface area contributed by atoms with Gasteiger partial charge in [-0.2, -0.15) is 0 Å². The Hall–Kier alpha value is -4.16. The van der Waals surface area contributed by atoms with E-state index >= 15 is 0 Å². The molecule has 0 bridgehead atoms. The highest BCUT2D eigenvalue weighted by molar-refractivity contribution is 6.02. The van der Waals surface area contributed by atoms with Gasteiger partial charge in [-0.25, -0.2) is 0 Å². The summed E-state index contributed by atoms with van der Waals surface area (Å²) in [6.45, 7) is 22.6. The van der Waals surface area contributed by atoms with Crippen molar-refractivity contribution in [3.8, 4) is 0 Å². The van der Waals surface area contributed by atoms with Crippen LogP contribution in [0.2, 0.25) is 0 Å². The summed E-state index contributed by atoms with van der Waals surface area (Å²) in [7, 11) is 0. The van der Waals surface area contributed by atoms with Crippen LogP contribution in [0.3, 0.4) is 0 Å². The highest BCUT2D eigenvalue weighted by Gasteiger charge is 2.42. The van der Waals surface area contributed by atoms with Gasteiger partial charge in [0.1, 0.15) is 0 Å².